The molecule has 2 aromatic rings. The number of nitriles is 1. The van der Waals surface area contributed by atoms with Gasteiger partial charge >= 0.3 is 0 Å². The smallest absolute Gasteiger partial charge is 0.252 e. The zero-order valence-corrected chi connectivity index (χ0v) is 10.6. The molecule has 7 nitrogen and oxygen atoms in total. The molecule has 7 heteroatoms. The zero-order valence-electron chi connectivity index (χ0n) is 10.6. The number of aromatic nitrogens is 4. The van der Waals surface area contributed by atoms with Crippen molar-refractivity contribution in [2.75, 3.05) is 20.3 Å². The van der Waals surface area contributed by atoms with E-state index in [4.69, 9.17) is 10.00 Å². The molecule has 0 aliphatic carbocycles. The summed E-state index contributed by atoms with van der Waals surface area (Å²) in [7, 11) is 1.67. The summed E-state index contributed by atoms with van der Waals surface area (Å²) in [5.41, 5.74) is 1.07. The van der Waals surface area contributed by atoms with Crippen LogP contribution in [0.3, 0.4) is 0 Å². The van der Waals surface area contributed by atoms with Gasteiger partial charge in [0.1, 0.15) is 12.4 Å². The van der Waals surface area contributed by atoms with Crippen molar-refractivity contribution in [3.63, 3.8) is 0 Å². The summed E-state index contributed by atoms with van der Waals surface area (Å²) in [4.78, 5) is 8.10. The molecule has 0 aliphatic rings. The molecule has 0 saturated carbocycles. The van der Waals surface area contributed by atoms with Crippen LogP contribution in [0.5, 0.6) is 0 Å². The second-order valence-corrected chi connectivity index (χ2v) is 3.82. The minimum Gasteiger partial charge on any atom is -0.383 e. The van der Waals surface area contributed by atoms with Crippen LogP contribution < -0.4 is 5.32 Å². The van der Waals surface area contributed by atoms with E-state index in [0.29, 0.717) is 12.4 Å². The molecule has 2 rings (SSSR count). The highest BCUT2D eigenvalue weighted by Crippen LogP contribution is 2.04. The Bertz CT molecular complexity index is 556. The van der Waals surface area contributed by atoms with Gasteiger partial charge in [-0.15, -0.1) is 5.10 Å². The fourth-order valence-corrected chi connectivity index (χ4v) is 1.49. The summed E-state index contributed by atoms with van der Waals surface area (Å²) in [6.07, 6.45) is 3.24. The Balaban J connectivity index is 1.96. The third-order valence-corrected chi connectivity index (χ3v) is 2.45. The minimum absolute atomic E-state index is 0.132. The topological polar surface area (TPSA) is 88.6 Å². The minimum atomic E-state index is 0.132. The molecule has 0 bridgehead atoms. The number of rotatable bonds is 6. The fraction of sp³-hybridized carbons (Fsp3) is 0.333. The molecule has 19 heavy (non-hydrogen) atoms. The molecule has 0 fully saturated rings. The first-order valence-corrected chi connectivity index (χ1v) is 5.80. The number of hydrogen-bond acceptors (Lipinski definition) is 6. The Kier molecular flexibility index (Phi) is 4.55. The monoisotopic (exact) mass is 258 g/mol. The zero-order chi connectivity index (χ0) is 13.5. The van der Waals surface area contributed by atoms with Gasteiger partial charge in [-0.25, -0.2) is 14.6 Å². The highest BCUT2D eigenvalue weighted by atomic mass is 16.5. The summed E-state index contributed by atoms with van der Waals surface area (Å²) >= 11 is 0. The van der Waals surface area contributed by atoms with Crippen molar-refractivity contribution >= 4 is 0 Å². The summed E-state index contributed by atoms with van der Waals surface area (Å²) in [6, 6.07) is 5.67. The number of ether oxygens (including phenoxy) is 1. The summed E-state index contributed by atoms with van der Waals surface area (Å²) < 4.78 is 6.42. The van der Waals surface area contributed by atoms with Crippen LogP contribution in [0, 0.1) is 11.3 Å². The van der Waals surface area contributed by atoms with Gasteiger partial charge in [0.2, 0.25) is 0 Å². The van der Waals surface area contributed by atoms with Crippen LogP contribution in [0.4, 0.5) is 0 Å². The van der Waals surface area contributed by atoms with Crippen LogP contribution in [-0.4, -0.2) is 40.0 Å². The van der Waals surface area contributed by atoms with E-state index in [2.05, 4.69) is 20.4 Å². The first-order valence-electron chi connectivity index (χ1n) is 5.80. The van der Waals surface area contributed by atoms with Crippen LogP contribution in [0.2, 0.25) is 0 Å². The molecule has 0 aromatic carbocycles. The van der Waals surface area contributed by atoms with Crippen molar-refractivity contribution < 1.29 is 4.74 Å². The second-order valence-electron chi connectivity index (χ2n) is 3.82. The number of nitrogens with one attached hydrogen (secondary N) is 1. The molecule has 0 spiro atoms. The van der Waals surface area contributed by atoms with Crippen LogP contribution >= 0.6 is 0 Å². The third-order valence-electron chi connectivity index (χ3n) is 2.45. The molecule has 0 unspecified atom stereocenters. The first-order chi connectivity index (χ1) is 9.33. The molecular formula is C12H14N6O. The maximum Gasteiger partial charge on any atom is 0.252 e. The van der Waals surface area contributed by atoms with Gasteiger partial charge in [0.05, 0.1) is 6.61 Å². The standard InChI is InChI=1S/C12H14N6O/c1-19-5-4-14-7-10-2-3-12(15-8-10)18-9-16-11(6-13)17-18/h2-3,8-9,14H,4-5,7H2,1H3. The number of pyridine rings is 1. The SMILES string of the molecule is COCCNCc1ccc(-n2cnc(C#N)n2)nc1. The predicted octanol–water partition coefficient (Wildman–Crippen LogP) is 0.270. The van der Waals surface area contributed by atoms with Gasteiger partial charge in [-0.3, -0.25) is 0 Å². The lowest BCUT2D eigenvalue weighted by molar-refractivity contribution is 0.199. The normalized spacial score (nSPS) is 10.3. The van der Waals surface area contributed by atoms with E-state index in [1.165, 1.54) is 11.0 Å². The average molecular weight is 258 g/mol. The van der Waals surface area contributed by atoms with E-state index < -0.39 is 0 Å². The Morgan fingerprint density at radius 2 is 2.32 bits per heavy atom. The van der Waals surface area contributed by atoms with Crippen LogP contribution in [0.25, 0.3) is 5.82 Å². The third kappa shape index (κ3) is 3.58. The van der Waals surface area contributed by atoms with Crippen molar-refractivity contribution in [3.8, 4) is 11.9 Å². The highest BCUT2D eigenvalue weighted by Gasteiger charge is 2.02. The Morgan fingerprint density at radius 3 is 2.95 bits per heavy atom. The van der Waals surface area contributed by atoms with Gasteiger partial charge in [0, 0.05) is 26.4 Å². The van der Waals surface area contributed by atoms with Crippen molar-refractivity contribution in [1.29, 1.82) is 5.26 Å². The molecule has 0 saturated heterocycles. The first kappa shape index (κ1) is 13.1. The highest BCUT2D eigenvalue weighted by molar-refractivity contribution is 5.24. The van der Waals surface area contributed by atoms with E-state index in [9.17, 15) is 0 Å². The van der Waals surface area contributed by atoms with E-state index >= 15 is 0 Å². The van der Waals surface area contributed by atoms with E-state index in [1.54, 1.807) is 13.3 Å². The largest absolute Gasteiger partial charge is 0.383 e. The number of hydrogen-bond donors (Lipinski definition) is 1. The molecule has 98 valence electrons. The maximum atomic E-state index is 8.66. The molecule has 0 radical (unpaired) electrons. The number of nitrogens with zero attached hydrogens (tertiary/aromatic N) is 5. The van der Waals surface area contributed by atoms with Gasteiger partial charge in [-0.05, 0) is 11.6 Å². The number of methoxy groups -OCH3 is 1. The molecule has 2 aromatic heterocycles. The van der Waals surface area contributed by atoms with Crippen LogP contribution in [0.15, 0.2) is 24.7 Å². The Morgan fingerprint density at radius 1 is 1.42 bits per heavy atom. The maximum absolute atomic E-state index is 8.66. The van der Waals surface area contributed by atoms with Gasteiger partial charge in [0.25, 0.3) is 5.82 Å². The predicted molar refractivity (Wildman–Crippen MR) is 67.5 cm³/mol. The van der Waals surface area contributed by atoms with Gasteiger partial charge in [-0.1, -0.05) is 6.07 Å². The lowest BCUT2D eigenvalue weighted by Crippen LogP contribution is -2.18. The van der Waals surface area contributed by atoms with Gasteiger partial charge in [-0.2, -0.15) is 5.26 Å². The summed E-state index contributed by atoms with van der Waals surface area (Å²) in [5, 5.41) is 15.9. The van der Waals surface area contributed by atoms with Crippen molar-refractivity contribution in [1.82, 2.24) is 25.1 Å². The quantitative estimate of drug-likeness (QED) is 0.748. The van der Waals surface area contributed by atoms with Crippen LogP contribution in [-0.2, 0) is 11.3 Å². The van der Waals surface area contributed by atoms with Crippen molar-refractivity contribution in [3.05, 3.63) is 36.0 Å². The van der Waals surface area contributed by atoms with Gasteiger partial charge in [0.15, 0.2) is 5.82 Å². The molecular weight excluding hydrogens is 244 g/mol. The molecule has 0 amide bonds. The lowest BCUT2D eigenvalue weighted by atomic mass is 10.3. The second kappa shape index (κ2) is 6.58. The fourth-order valence-electron chi connectivity index (χ4n) is 1.49. The van der Waals surface area contributed by atoms with Crippen LogP contribution in [0.1, 0.15) is 11.4 Å². The van der Waals surface area contributed by atoms with E-state index in [0.717, 1.165) is 18.7 Å². The summed E-state index contributed by atoms with van der Waals surface area (Å²) in [5.74, 6) is 0.766. The van der Waals surface area contributed by atoms with Gasteiger partial charge < -0.3 is 10.1 Å². The Labute approximate surface area is 110 Å². The molecule has 2 heterocycles. The van der Waals surface area contributed by atoms with E-state index in [-0.39, 0.29) is 5.82 Å². The lowest BCUT2D eigenvalue weighted by Gasteiger charge is -2.04. The Hall–Kier alpha value is -2.30. The van der Waals surface area contributed by atoms with Crippen molar-refractivity contribution in [2.45, 2.75) is 6.54 Å². The van der Waals surface area contributed by atoms with E-state index in [1.807, 2.05) is 18.2 Å². The molecule has 0 atom stereocenters. The molecule has 1 N–H and O–H groups in total. The van der Waals surface area contributed by atoms with Crippen molar-refractivity contribution in [2.24, 2.45) is 0 Å². The average Bonchev–Trinajstić information content (AvgIpc) is 2.93. The molecule has 0 aliphatic heterocycles. The summed E-state index contributed by atoms with van der Waals surface area (Å²) in [6.45, 7) is 2.21.